The summed E-state index contributed by atoms with van der Waals surface area (Å²) < 4.78 is 0.901. The minimum absolute atomic E-state index is 0.143. The Kier molecular flexibility index (Phi) is 3.69. The van der Waals surface area contributed by atoms with Gasteiger partial charge in [-0.1, -0.05) is 34.1 Å². The van der Waals surface area contributed by atoms with Crippen LogP contribution in [0, 0.1) is 0 Å². The Morgan fingerprint density at radius 3 is 2.04 bits per heavy atom. The molecule has 0 radical (unpaired) electrons. The van der Waals surface area contributed by atoms with Crippen LogP contribution >= 0.6 is 15.9 Å². The summed E-state index contributed by atoms with van der Waals surface area (Å²) in [6.07, 6.45) is 4.55. The van der Waals surface area contributed by atoms with Gasteiger partial charge in [-0.25, -0.2) is 0 Å². The van der Waals surface area contributed by atoms with Gasteiger partial charge in [0, 0.05) is 10.0 Å². The normalized spacial score (nSPS) is 17.9. The van der Waals surface area contributed by atoms with Crippen LogP contribution in [0.1, 0.15) is 43.9 Å². The molecule has 1 aliphatic heterocycles. The van der Waals surface area contributed by atoms with Crippen molar-refractivity contribution in [2.24, 2.45) is 0 Å². The van der Waals surface area contributed by atoms with Gasteiger partial charge in [-0.3, -0.25) is 19.3 Å². The molecule has 0 aromatic heterocycles. The van der Waals surface area contributed by atoms with Crippen molar-refractivity contribution in [2.45, 2.75) is 18.4 Å². The fraction of sp³-hybridized carbons (Fsp3) is 0.150. The van der Waals surface area contributed by atoms with Gasteiger partial charge in [0.2, 0.25) is 0 Å². The summed E-state index contributed by atoms with van der Waals surface area (Å²) in [5.74, 6) is -0.701. The molecule has 4 rings (SSSR count). The molecule has 1 heterocycles. The molecule has 1 fully saturated rings. The summed E-state index contributed by atoms with van der Waals surface area (Å²) in [6, 6.07) is 13.9. The number of benzene rings is 2. The number of hydrogen-bond acceptors (Lipinski definition) is 3. The Hall–Kier alpha value is -2.53. The summed E-state index contributed by atoms with van der Waals surface area (Å²) in [4.78, 5) is 38.9. The molecule has 5 heteroatoms. The van der Waals surface area contributed by atoms with Crippen LogP contribution in [-0.2, 0) is 0 Å². The van der Waals surface area contributed by atoms with E-state index in [1.807, 2.05) is 0 Å². The van der Waals surface area contributed by atoms with E-state index in [9.17, 15) is 14.4 Å². The van der Waals surface area contributed by atoms with Crippen LogP contribution in [0.2, 0.25) is 0 Å². The van der Waals surface area contributed by atoms with Crippen LogP contribution in [0.5, 0.6) is 0 Å². The second kappa shape index (κ2) is 5.77. The number of amides is 2. The third-order valence-corrected chi connectivity index (χ3v) is 5.20. The van der Waals surface area contributed by atoms with Gasteiger partial charge < -0.3 is 0 Å². The number of halogens is 1. The first-order valence-electron chi connectivity index (χ1n) is 7.99. The Labute approximate surface area is 153 Å². The molecule has 0 saturated heterocycles. The number of carbonyl (C=O) groups excluding carboxylic acids is 3. The SMILES string of the molecule is O=C(/C=C/C1(N2C(=O)c3ccccc3C2=O)CC1)c1ccc(Br)cc1. The number of nitrogens with zero attached hydrogens (tertiary/aromatic N) is 1. The van der Waals surface area contributed by atoms with E-state index < -0.39 is 5.54 Å². The number of carbonyl (C=O) groups is 3. The van der Waals surface area contributed by atoms with Gasteiger partial charge in [-0.15, -0.1) is 0 Å². The fourth-order valence-corrected chi connectivity index (χ4v) is 3.39. The van der Waals surface area contributed by atoms with Crippen molar-refractivity contribution in [2.75, 3.05) is 0 Å². The molecule has 25 heavy (non-hydrogen) atoms. The van der Waals surface area contributed by atoms with Crippen LogP contribution in [0.25, 0.3) is 0 Å². The number of fused-ring (bicyclic) bond motifs is 1. The molecular formula is C20H14BrNO3. The smallest absolute Gasteiger partial charge is 0.262 e. The van der Waals surface area contributed by atoms with Crippen molar-refractivity contribution in [3.63, 3.8) is 0 Å². The maximum Gasteiger partial charge on any atom is 0.262 e. The predicted molar refractivity (Wildman–Crippen MR) is 96.5 cm³/mol. The zero-order chi connectivity index (χ0) is 17.6. The summed E-state index contributed by atoms with van der Waals surface area (Å²) in [5, 5.41) is 0. The van der Waals surface area contributed by atoms with Gasteiger partial charge in [-0.05, 0) is 55.3 Å². The standard InChI is InChI=1S/C20H14BrNO3/c21-14-7-5-13(6-8-14)17(23)9-10-20(11-12-20)22-18(24)15-3-1-2-4-16(15)19(22)25/h1-10H,11-12H2/b10-9+. The van der Waals surface area contributed by atoms with Crippen molar-refractivity contribution in [3.05, 3.63) is 81.8 Å². The Balaban J connectivity index is 1.59. The summed E-state index contributed by atoms with van der Waals surface area (Å²) in [6.45, 7) is 0. The monoisotopic (exact) mass is 395 g/mol. The summed E-state index contributed by atoms with van der Waals surface area (Å²) in [7, 11) is 0. The Bertz CT molecular complexity index is 891. The van der Waals surface area contributed by atoms with Crippen LogP contribution in [0.3, 0.4) is 0 Å². The Morgan fingerprint density at radius 2 is 1.52 bits per heavy atom. The van der Waals surface area contributed by atoms with Gasteiger partial charge in [0.25, 0.3) is 11.8 Å². The highest BCUT2D eigenvalue weighted by atomic mass is 79.9. The zero-order valence-corrected chi connectivity index (χ0v) is 14.8. The van der Waals surface area contributed by atoms with Crippen LogP contribution in [0.15, 0.2) is 65.2 Å². The highest BCUT2D eigenvalue weighted by Crippen LogP contribution is 2.46. The van der Waals surface area contributed by atoms with Crippen molar-refractivity contribution in [1.82, 2.24) is 4.90 Å². The first kappa shape index (κ1) is 16.0. The average molecular weight is 396 g/mol. The first-order chi connectivity index (χ1) is 12.0. The maximum absolute atomic E-state index is 12.6. The van der Waals surface area contributed by atoms with Crippen molar-refractivity contribution >= 4 is 33.5 Å². The minimum atomic E-state index is -0.668. The lowest BCUT2D eigenvalue weighted by atomic mass is 10.1. The number of allylic oxidation sites excluding steroid dienone is 1. The summed E-state index contributed by atoms with van der Waals surface area (Å²) in [5.41, 5.74) is 0.772. The van der Waals surface area contributed by atoms with Gasteiger partial charge in [0.15, 0.2) is 5.78 Å². The van der Waals surface area contributed by atoms with Gasteiger partial charge >= 0.3 is 0 Å². The molecule has 2 amide bonds. The van der Waals surface area contributed by atoms with Crippen LogP contribution < -0.4 is 0 Å². The molecule has 0 unspecified atom stereocenters. The van der Waals surface area contributed by atoms with Gasteiger partial charge in [0.1, 0.15) is 0 Å². The maximum atomic E-state index is 12.6. The topological polar surface area (TPSA) is 54.5 Å². The molecule has 0 atom stereocenters. The third-order valence-electron chi connectivity index (χ3n) is 4.68. The second-order valence-electron chi connectivity index (χ2n) is 6.30. The first-order valence-corrected chi connectivity index (χ1v) is 8.78. The zero-order valence-electron chi connectivity index (χ0n) is 13.2. The number of imide groups is 1. The van der Waals surface area contributed by atoms with E-state index >= 15 is 0 Å². The van der Waals surface area contributed by atoms with E-state index in [1.54, 1.807) is 54.6 Å². The molecule has 2 aromatic carbocycles. The summed E-state index contributed by atoms with van der Waals surface area (Å²) >= 11 is 3.34. The van der Waals surface area contributed by atoms with Crippen molar-refractivity contribution in [1.29, 1.82) is 0 Å². The van der Waals surface area contributed by atoms with Crippen LogP contribution in [0.4, 0.5) is 0 Å². The molecule has 4 nitrogen and oxygen atoms in total. The van der Waals surface area contributed by atoms with Crippen LogP contribution in [-0.4, -0.2) is 28.0 Å². The van der Waals surface area contributed by atoms with E-state index in [1.165, 1.54) is 11.0 Å². The molecule has 0 N–H and O–H groups in total. The molecule has 0 bridgehead atoms. The van der Waals surface area contributed by atoms with E-state index in [-0.39, 0.29) is 17.6 Å². The lowest BCUT2D eigenvalue weighted by molar-refractivity contribution is 0.0596. The largest absolute Gasteiger partial charge is 0.289 e. The van der Waals surface area contributed by atoms with Crippen molar-refractivity contribution in [3.8, 4) is 0 Å². The number of hydrogen-bond donors (Lipinski definition) is 0. The molecule has 124 valence electrons. The highest BCUT2D eigenvalue weighted by Gasteiger charge is 2.54. The fourth-order valence-electron chi connectivity index (χ4n) is 3.13. The molecular weight excluding hydrogens is 382 g/mol. The molecule has 2 aliphatic rings. The quantitative estimate of drug-likeness (QED) is 0.446. The van der Waals surface area contributed by atoms with Gasteiger partial charge in [0.05, 0.1) is 16.7 Å². The van der Waals surface area contributed by atoms with Crippen molar-refractivity contribution < 1.29 is 14.4 Å². The minimum Gasteiger partial charge on any atom is -0.289 e. The average Bonchev–Trinajstić information content (AvgIpc) is 3.36. The van der Waals surface area contributed by atoms with E-state index in [2.05, 4.69) is 15.9 Å². The lowest BCUT2D eigenvalue weighted by Gasteiger charge is -2.22. The van der Waals surface area contributed by atoms with Gasteiger partial charge in [-0.2, -0.15) is 0 Å². The van der Waals surface area contributed by atoms with E-state index in [0.29, 0.717) is 29.5 Å². The lowest BCUT2D eigenvalue weighted by Crippen LogP contribution is -2.40. The molecule has 1 aliphatic carbocycles. The number of ketones is 1. The van der Waals surface area contributed by atoms with E-state index in [0.717, 1.165) is 4.47 Å². The molecule has 0 spiro atoms. The molecule has 2 aromatic rings. The number of rotatable bonds is 4. The predicted octanol–water partition coefficient (Wildman–Crippen LogP) is 4.02. The third kappa shape index (κ3) is 2.65. The molecule has 1 saturated carbocycles. The van der Waals surface area contributed by atoms with E-state index in [4.69, 9.17) is 0 Å². The Morgan fingerprint density at radius 1 is 0.960 bits per heavy atom. The highest BCUT2D eigenvalue weighted by molar-refractivity contribution is 9.10. The second-order valence-corrected chi connectivity index (χ2v) is 7.22.